The van der Waals surface area contributed by atoms with Crippen LogP contribution < -0.4 is 0 Å². The van der Waals surface area contributed by atoms with Gasteiger partial charge < -0.3 is 0 Å². The molecule has 2 rings (SSSR count). The molecule has 0 spiro atoms. The van der Waals surface area contributed by atoms with Crippen molar-refractivity contribution in [1.29, 1.82) is 0 Å². The number of aromatic amines is 1. The van der Waals surface area contributed by atoms with Crippen LogP contribution in [-0.2, 0) is 0 Å². The summed E-state index contributed by atoms with van der Waals surface area (Å²) < 4.78 is 0. The zero-order valence-corrected chi connectivity index (χ0v) is 7.12. The Bertz CT molecular complexity index is 307. The molecule has 0 aliphatic heterocycles. The van der Waals surface area contributed by atoms with E-state index >= 15 is 0 Å². The predicted octanol–water partition coefficient (Wildman–Crippen LogP) is 2.40. The summed E-state index contributed by atoms with van der Waals surface area (Å²) in [5.74, 6) is 0.475. The molecular weight excluding hydrogens is 148 g/mol. The van der Waals surface area contributed by atoms with E-state index in [4.69, 9.17) is 0 Å². The van der Waals surface area contributed by atoms with Crippen molar-refractivity contribution in [3.8, 4) is 0 Å². The molecule has 0 fully saturated rings. The fourth-order valence-corrected chi connectivity index (χ4v) is 1.49. The fraction of sp³-hybridized carbons (Fsp3) is 0.300. The maximum Gasteiger partial charge on any atom is 0.0490 e. The molecule has 1 heterocycles. The maximum absolute atomic E-state index is 3.94. The van der Waals surface area contributed by atoms with Crippen LogP contribution in [0.3, 0.4) is 0 Å². The Morgan fingerprint density at radius 1 is 1.58 bits per heavy atom. The molecule has 2 nitrogen and oxygen atoms in total. The lowest BCUT2D eigenvalue weighted by molar-refractivity contribution is 0.819. The molecule has 1 unspecified atom stereocenters. The molecule has 1 aliphatic rings. The largest absolute Gasteiger partial charge is 0.282 e. The van der Waals surface area contributed by atoms with Crippen LogP contribution in [-0.4, -0.2) is 10.2 Å². The number of nitrogens with zero attached hydrogens (tertiary/aromatic N) is 1. The van der Waals surface area contributed by atoms with Crippen LogP contribution in [0.2, 0.25) is 0 Å². The number of H-pyrrole nitrogens is 1. The minimum Gasteiger partial charge on any atom is -0.282 e. The Morgan fingerprint density at radius 2 is 2.50 bits per heavy atom. The van der Waals surface area contributed by atoms with E-state index in [1.165, 1.54) is 11.3 Å². The molecule has 0 saturated carbocycles. The number of rotatable bonds is 2. The molecule has 0 bridgehead atoms. The average molecular weight is 160 g/mol. The first-order valence-electron chi connectivity index (χ1n) is 4.23. The number of allylic oxidation sites excluding steroid dienone is 4. The van der Waals surface area contributed by atoms with Crippen molar-refractivity contribution in [2.75, 3.05) is 0 Å². The third kappa shape index (κ3) is 1.20. The van der Waals surface area contributed by atoms with Gasteiger partial charge in [0, 0.05) is 17.8 Å². The summed E-state index contributed by atoms with van der Waals surface area (Å²) in [6, 6.07) is 2.03. The molecule has 1 N–H and O–H groups in total. The smallest absolute Gasteiger partial charge is 0.0490 e. The van der Waals surface area contributed by atoms with Gasteiger partial charge in [-0.15, -0.1) is 0 Å². The van der Waals surface area contributed by atoms with Crippen molar-refractivity contribution >= 4 is 0 Å². The van der Waals surface area contributed by atoms with E-state index in [1.807, 2.05) is 6.07 Å². The molecule has 1 aliphatic carbocycles. The molecule has 1 atom stereocenters. The first-order chi connectivity index (χ1) is 5.88. The summed E-state index contributed by atoms with van der Waals surface area (Å²) in [5, 5.41) is 6.94. The highest BCUT2D eigenvalue weighted by atomic mass is 15.1. The van der Waals surface area contributed by atoms with E-state index in [9.17, 15) is 0 Å². The van der Waals surface area contributed by atoms with Gasteiger partial charge in [-0.05, 0) is 12.5 Å². The normalized spacial score (nSPS) is 17.9. The average Bonchev–Trinajstić information content (AvgIpc) is 2.77. The Balaban J connectivity index is 2.16. The minimum atomic E-state index is 0.475. The van der Waals surface area contributed by atoms with Crippen molar-refractivity contribution in [3.05, 3.63) is 41.8 Å². The van der Waals surface area contributed by atoms with E-state index < -0.39 is 0 Å². The summed E-state index contributed by atoms with van der Waals surface area (Å²) in [6.45, 7) is 2.20. The number of aromatic nitrogens is 2. The molecule has 12 heavy (non-hydrogen) atoms. The fourth-order valence-electron chi connectivity index (χ4n) is 1.49. The van der Waals surface area contributed by atoms with Gasteiger partial charge in [-0.2, -0.15) is 5.10 Å². The van der Waals surface area contributed by atoms with Gasteiger partial charge in [0.15, 0.2) is 0 Å². The Kier molecular flexibility index (Phi) is 1.82. The lowest BCUT2D eigenvalue weighted by Gasteiger charge is -2.09. The highest BCUT2D eigenvalue weighted by molar-refractivity contribution is 5.31. The van der Waals surface area contributed by atoms with E-state index in [0.29, 0.717) is 5.92 Å². The van der Waals surface area contributed by atoms with Crippen LogP contribution in [0.4, 0.5) is 0 Å². The van der Waals surface area contributed by atoms with Gasteiger partial charge in [-0.1, -0.05) is 30.7 Å². The first-order valence-corrected chi connectivity index (χ1v) is 4.23. The van der Waals surface area contributed by atoms with E-state index in [2.05, 4.69) is 35.3 Å². The Morgan fingerprint density at radius 3 is 3.08 bits per heavy atom. The second-order valence-electron chi connectivity index (χ2n) is 3.11. The number of hydrogen-bond donors (Lipinski definition) is 1. The second kappa shape index (κ2) is 2.97. The Hall–Kier alpha value is -1.31. The van der Waals surface area contributed by atoms with Gasteiger partial charge in [-0.3, -0.25) is 5.10 Å². The van der Waals surface area contributed by atoms with Gasteiger partial charge in [0.05, 0.1) is 0 Å². The highest BCUT2D eigenvalue weighted by Crippen LogP contribution is 2.27. The van der Waals surface area contributed by atoms with Crippen molar-refractivity contribution in [3.63, 3.8) is 0 Å². The zero-order chi connectivity index (χ0) is 8.39. The third-order valence-electron chi connectivity index (χ3n) is 2.34. The highest BCUT2D eigenvalue weighted by Gasteiger charge is 2.12. The van der Waals surface area contributed by atoms with Crippen LogP contribution in [0, 0.1) is 0 Å². The van der Waals surface area contributed by atoms with Crippen LogP contribution in [0.1, 0.15) is 25.0 Å². The third-order valence-corrected chi connectivity index (χ3v) is 2.34. The van der Waals surface area contributed by atoms with Crippen LogP contribution in [0.25, 0.3) is 0 Å². The molecule has 62 valence electrons. The van der Waals surface area contributed by atoms with Crippen molar-refractivity contribution < 1.29 is 0 Å². The molecule has 2 heteroatoms. The van der Waals surface area contributed by atoms with Gasteiger partial charge in [0.25, 0.3) is 0 Å². The monoisotopic (exact) mass is 160 g/mol. The van der Waals surface area contributed by atoms with E-state index in [1.54, 1.807) is 6.20 Å². The van der Waals surface area contributed by atoms with Gasteiger partial charge in [-0.25, -0.2) is 0 Å². The molecule has 0 amide bonds. The summed E-state index contributed by atoms with van der Waals surface area (Å²) in [5.41, 5.74) is 2.66. The lowest BCUT2D eigenvalue weighted by Crippen LogP contribution is -1.96. The molecule has 1 aromatic heterocycles. The predicted molar refractivity (Wildman–Crippen MR) is 48.8 cm³/mol. The minimum absolute atomic E-state index is 0.475. The standard InChI is InChI=1S/C10H12N2/c1-8(9-4-2-3-5-9)10-6-7-11-12-10/h2-4,6-8H,5H2,1H3,(H,11,12). The van der Waals surface area contributed by atoms with Crippen molar-refractivity contribution in [2.24, 2.45) is 0 Å². The van der Waals surface area contributed by atoms with Gasteiger partial charge in [0.1, 0.15) is 0 Å². The summed E-state index contributed by atoms with van der Waals surface area (Å²) in [7, 11) is 0. The molecule has 0 saturated heterocycles. The van der Waals surface area contributed by atoms with Gasteiger partial charge in [0.2, 0.25) is 0 Å². The Labute approximate surface area is 72.0 Å². The lowest BCUT2D eigenvalue weighted by atomic mass is 9.97. The molecular formula is C10H12N2. The maximum atomic E-state index is 3.94. The van der Waals surface area contributed by atoms with Crippen molar-refractivity contribution in [1.82, 2.24) is 10.2 Å². The summed E-state index contributed by atoms with van der Waals surface area (Å²) in [6.07, 6.45) is 9.37. The van der Waals surface area contributed by atoms with Crippen molar-refractivity contribution in [2.45, 2.75) is 19.3 Å². The van der Waals surface area contributed by atoms with Crippen LogP contribution >= 0.6 is 0 Å². The number of nitrogens with one attached hydrogen (secondary N) is 1. The molecule has 0 aromatic carbocycles. The molecule has 1 aromatic rings. The summed E-state index contributed by atoms with van der Waals surface area (Å²) in [4.78, 5) is 0. The second-order valence-corrected chi connectivity index (χ2v) is 3.11. The van der Waals surface area contributed by atoms with Gasteiger partial charge >= 0.3 is 0 Å². The first kappa shape index (κ1) is 7.35. The van der Waals surface area contributed by atoms with E-state index in [0.717, 1.165) is 6.42 Å². The summed E-state index contributed by atoms with van der Waals surface area (Å²) >= 11 is 0. The van der Waals surface area contributed by atoms with E-state index in [-0.39, 0.29) is 0 Å². The quantitative estimate of drug-likeness (QED) is 0.707. The zero-order valence-electron chi connectivity index (χ0n) is 7.12. The van der Waals surface area contributed by atoms with Crippen LogP contribution in [0.5, 0.6) is 0 Å². The number of hydrogen-bond acceptors (Lipinski definition) is 1. The SMILES string of the molecule is CC(C1=CC=CC1)c1ccn[nH]1. The topological polar surface area (TPSA) is 28.7 Å². The molecule has 0 radical (unpaired) electrons. The van der Waals surface area contributed by atoms with Crippen LogP contribution in [0.15, 0.2) is 36.1 Å².